The minimum Gasteiger partial charge on any atom is -0.294 e. The van der Waals surface area contributed by atoms with Crippen molar-refractivity contribution >= 4 is 29.3 Å². The molecule has 0 bridgehead atoms. The summed E-state index contributed by atoms with van der Waals surface area (Å²) in [4.78, 5) is 11.9. The lowest BCUT2D eigenvalue weighted by atomic mass is 10.2. The van der Waals surface area contributed by atoms with Crippen LogP contribution < -0.4 is 0 Å². The lowest BCUT2D eigenvalue weighted by molar-refractivity contribution is -0.112. The van der Waals surface area contributed by atoms with Gasteiger partial charge in [0.25, 0.3) is 0 Å². The molecule has 0 aromatic rings. The molecule has 2 unspecified atom stereocenters. The van der Waals surface area contributed by atoms with Gasteiger partial charge in [-0.1, -0.05) is 12.2 Å². The molecule has 0 aromatic heterocycles. The lowest BCUT2D eigenvalue weighted by Gasteiger charge is -2.03. The van der Waals surface area contributed by atoms with Crippen LogP contribution in [0.15, 0.2) is 22.5 Å². The molecule has 58 valence electrons. The monoisotopic (exact) mass is 184 g/mol. The molecule has 0 N–H and O–H groups in total. The zero-order valence-corrected chi connectivity index (χ0v) is 7.74. The molecule has 2 aliphatic heterocycles. The third kappa shape index (κ3) is 1.27. The van der Waals surface area contributed by atoms with Crippen molar-refractivity contribution in [2.45, 2.75) is 17.4 Å². The maximum atomic E-state index is 11.0. The highest BCUT2D eigenvalue weighted by Gasteiger charge is 2.30. The Hall–Kier alpha value is -0.150. The van der Waals surface area contributed by atoms with Crippen molar-refractivity contribution in [3.63, 3.8) is 0 Å². The van der Waals surface area contributed by atoms with E-state index < -0.39 is 0 Å². The smallest absolute Gasteiger partial charge is 0.165 e. The van der Waals surface area contributed by atoms with Crippen molar-refractivity contribution in [2.75, 3.05) is 0 Å². The summed E-state index contributed by atoms with van der Waals surface area (Å²) in [6.07, 6.45) is 4.26. The molecule has 0 spiro atoms. The van der Waals surface area contributed by atoms with Crippen molar-refractivity contribution in [1.29, 1.82) is 0 Å². The van der Waals surface area contributed by atoms with Crippen LogP contribution in [0.5, 0.6) is 0 Å². The number of hydrogen-bond acceptors (Lipinski definition) is 3. The summed E-state index contributed by atoms with van der Waals surface area (Å²) >= 11 is 3.50. The van der Waals surface area contributed by atoms with Gasteiger partial charge < -0.3 is 0 Å². The van der Waals surface area contributed by atoms with Crippen LogP contribution in [0.2, 0.25) is 0 Å². The average Bonchev–Trinajstić information content (AvgIpc) is 2.40. The number of rotatable bonds is 1. The number of carbonyl (C=O) groups is 1. The standard InChI is InChI=1S/C8H8OS2/c1-5(9)7-4-8-6(11-7)2-3-10-8/h2-4,6,8H,1H3. The molecule has 2 heterocycles. The summed E-state index contributed by atoms with van der Waals surface area (Å²) in [6, 6.07) is 0. The van der Waals surface area contributed by atoms with Gasteiger partial charge in [0.15, 0.2) is 5.78 Å². The molecule has 3 heteroatoms. The van der Waals surface area contributed by atoms with Gasteiger partial charge in [0.1, 0.15) is 0 Å². The first-order valence-corrected chi connectivity index (χ1v) is 5.31. The molecule has 2 rings (SSSR count). The van der Waals surface area contributed by atoms with E-state index in [-0.39, 0.29) is 5.78 Å². The van der Waals surface area contributed by atoms with E-state index in [2.05, 4.69) is 17.6 Å². The topological polar surface area (TPSA) is 17.1 Å². The van der Waals surface area contributed by atoms with Crippen molar-refractivity contribution in [3.8, 4) is 0 Å². The van der Waals surface area contributed by atoms with Gasteiger partial charge in [0, 0.05) is 15.4 Å². The Morgan fingerprint density at radius 3 is 3.00 bits per heavy atom. The average molecular weight is 184 g/mol. The number of hydrogen-bond donors (Lipinski definition) is 0. The molecule has 2 atom stereocenters. The molecule has 0 aliphatic carbocycles. The molecule has 0 saturated heterocycles. The van der Waals surface area contributed by atoms with Crippen LogP contribution in [-0.2, 0) is 4.79 Å². The summed E-state index contributed by atoms with van der Waals surface area (Å²) in [5.41, 5.74) is 0. The van der Waals surface area contributed by atoms with Crippen LogP contribution >= 0.6 is 23.5 Å². The van der Waals surface area contributed by atoms with E-state index in [0.717, 1.165) is 4.91 Å². The Bertz CT molecular complexity index is 255. The van der Waals surface area contributed by atoms with Crippen molar-refractivity contribution in [1.82, 2.24) is 0 Å². The fourth-order valence-corrected chi connectivity index (χ4v) is 3.68. The van der Waals surface area contributed by atoms with Crippen LogP contribution in [0.1, 0.15) is 6.92 Å². The van der Waals surface area contributed by atoms with Crippen LogP contribution in [0.25, 0.3) is 0 Å². The minimum atomic E-state index is 0.207. The minimum absolute atomic E-state index is 0.207. The zero-order chi connectivity index (χ0) is 7.84. The molecular formula is C8H8OS2. The molecule has 0 aromatic carbocycles. The largest absolute Gasteiger partial charge is 0.294 e. The number of ketones is 1. The van der Waals surface area contributed by atoms with Gasteiger partial charge in [-0.05, 0) is 12.3 Å². The highest BCUT2D eigenvalue weighted by atomic mass is 32.2. The first-order valence-electron chi connectivity index (χ1n) is 3.49. The first kappa shape index (κ1) is 7.50. The van der Waals surface area contributed by atoms with E-state index in [1.807, 2.05) is 0 Å². The van der Waals surface area contributed by atoms with Gasteiger partial charge in [-0.15, -0.1) is 23.5 Å². The molecule has 0 saturated carbocycles. The Morgan fingerprint density at radius 1 is 1.55 bits per heavy atom. The van der Waals surface area contributed by atoms with Gasteiger partial charge in [-0.3, -0.25) is 4.79 Å². The van der Waals surface area contributed by atoms with E-state index in [1.54, 1.807) is 30.4 Å². The number of thioether (sulfide) groups is 2. The summed E-state index contributed by atoms with van der Waals surface area (Å²) < 4.78 is 0. The second-order valence-corrected chi connectivity index (χ2v) is 4.91. The molecule has 1 nitrogen and oxygen atoms in total. The molecule has 0 fully saturated rings. The molecule has 0 amide bonds. The summed E-state index contributed by atoms with van der Waals surface area (Å²) in [5.74, 6) is 0.207. The normalized spacial score (nSPS) is 33.7. The number of carbonyl (C=O) groups excluding carboxylic acids is 1. The summed E-state index contributed by atoms with van der Waals surface area (Å²) in [7, 11) is 0. The highest BCUT2D eigenvalue weighted by Crippen LogP contribution is 2.43. The third-order valence-corrected chi connectivity index (χ3v) is 4.38. The fraction of sp³-hybridized carbons (Fsp3) is 0.375. The Balaban J connectivity index is 2.15. The van der Waals surface area contributed by atoms with Crippen LogP contribution in [0, 0.1) is 0 Å². The molecular weight excluding hydrogens is 176 g/mol. The number of allylic oxidation sites excluding steroid dienone is 1. The maximum absolute atomic E-state index is 11.0. The van der Waals surface area contributed by atoms with E-state index in [4.69, 9.17) is 0 Å². The van der Waals surface area contributed by atoms with E-state index in [0.29, 0.717) is 10.5 Å². The van der Waals surface area contributed by atoms with Gasteiger partial charge in [-0.2, -0.15) is 0 Å². The van der Waals surface area contributed by atoms with E-state index in [1.165, 1.54) is 0 Å². The summed E-state index contributed by atoms with van der Waals surface area (Å²) in [6.45, 7) is 1.63. The summed E-state index contributed by atoms with van der Waals surface area (Å²) in [5, 5.41) is 3.17. The van der Waals surface area contributed by atoms with Gasteiger partial charge >= 0.3 is 0 Å². The SMILES string of the molecule is CC(=O)C1=CC2SC=CC2S1. The Morgan fingerprint density at radius 2 is 2.36 bits per heavy atom. The van der Waals surface area contributed by atoms with Crippen LogP contribution in [0.4, 0.5) is 0 Å². The van der Waals surface area contributed by atoms with Gasteiger partial charge in [0.05, 0.1) is 0 Å². The van der Waals surface area contributed by atoms with Crippen molar-refractivity contribution in [2.24, 2.45) is 0 Å². The van der Waals surface area contributed by atoms with Crippen molar-refractivity contribution < 1.29 is 4.79 Å². The zero-order valence-electron chi connectivity index (χ0n) is 6.11. The molecule has 11 heavy (non-hydrogen) atoms. The van der Waals surface area contributed by atoms with Crippen LogP contribution in [-0.4, -0.2) is 16.3 Å². The van der Waals surface area contributed by atoms with Crippen molar-refractivity contribution in [3.05, 3.63) is 22.5 Å². The lowest BCUT2D eigenvalue weighted by Crippen LogP contribution is -2.04. The first-order chi connectivity index (χ1) is 5.27. The van der Waals surface area contributed by atoms with E-state index >= 15 is 0 Å². The highest BCUT2D eigenvalue weighted by molar-refractivity contribution is 8.09. The second kappa shape index (κ2) is 2.72. The van der Waals surface area contributed by atoms with E-state index in [9.17, 15) is 4.79 Å². The third-order valence-electron chi connectivity index (χ3n) is 1.75. The number of Topliss-reactive ketones (excluding diaryl/α,β-unsaturated/α-hetero) is 1. The Kier molecular flexibility index (Phi) is 1.85. The molecule has 0 radical (unpaired) electrons. The van der Waals surface area contributed by atoms with Gasteiger partial charge in [-0.25, -0.2) is 0 Å². The predicted octanol–water partition coefficient (Wildman–Crippen LogP) is 2.20. The number of fused-ring (bicyclic) bond motifs is 1. The Labute approximate surface area is 74.3 Å². The molecule has 2 aliphatic rings. The maximum Gasteiger partial charge on any atom is 0.165 e. The fourth-order valence-electron chi connectivity index (χ4n) is 1.18. The van der Waals surface area contributed by atoms with Crippen LogP contribution in [0.3, 0.4) is 0 Å². The predicted molar refractivity (Wildman–Crippen MR) is 50.7 cm³/mol. The second-order valence-electron chi connectivity index (χ2n) is 2.60. The quantitative estimate of drug-likeness (QED) is 0.622. The van der Waals surface area contributed by atoms with Gasteiger partial charge in [0.2, 0.25) is 0 Å².